The van der Waals surface area contributed by atoms with Crippen LogP contribution in [0.4, 0.5) is 0 Å². The van der Waals surface area contributed by atoms with Gasteiger partial charge >= 0.3 is 0 Å². The molecule has 0 atom stereocenters. The molecule has 102 heavy (non-hydrogen) atoms. The zero-order chi connectivity index (χ0) is 68.4. The SMILES string of the molecule is CC(C)c1ccc2c3ccc(-c4ccc5c(c4)oc4ccccc45)cc3c3ccccc3c2c1.CC(C)c1ccc2c3ccc(-c4ccc5oc6ccccc6c5c4)cc3c3ccccc3c2c1.CC(C)c1ccc2c3ccc(-c4cccc5c4oc4ccccc45)cc3c3ccccc3c2c1. The zero-order valence-electron chi connectivity index (χ0n) is 57.9. The van der Waals surface area contributed by atoms with Crippen molar-refractivity contribution >= 4 is 163 Å². The molecule has 3 heterocycles. The van der Waals surface area contributed by atoms with Gasteiger partial charge in [0.1, 0.15) is 33.5 Å². The predicted molar refractivity (Wildman–Crippen MR) is 437 cm³/mol. The van der Waals surface area contributed by atoms with Gasteiger partial charge in [0.15, 0.2) is 0 Å². The Hall–Kier alpha value is -12.3. The molecule has 0 N–H and O–H groups in total. The molecule has 0 aliphatic rings. The van der Waals surface area contributed by atoms with Crippen LogP contribution in [-0.4, -0.2) is 0 Å². The van der Waals surface area contributed by atoms with E-state index in [2.05, 4.69) is 315 Å². The van der Waals surface area contributed by atoms with Crippen molar-refractivity contribution in [2.75, 3.05) is 0 Å². The molecule has 0 amide bonds. The van der Waals surface area contributed by atoms with Crippen LogP contribution in [0.1, 0.15) is 76.0 Å². The van der Waals surface area contributed by atoms with E-state index in [0.29, 0.717) is 17.8 Å². The van der Waals surface area contributed by atoms with Crippen LogP contribution < -0.4 is 0 Å². The largest absolute Gasteiger partial charge is 0.456 e. The minimum absolute atomic E-state index is 0.505. The van der Waals surface area contributed by atoms with Gasteiger partial charge in [-0.15, -0.1) is 0 Å². The molecule has 0 saturated heterocycles. The van der Waals surface area contributed by atoms with Gasteiger partial charge in [0.25, 0.3) is 0 Å². The third-order valence-electron chi connectivity index (χ3n) is 21.7. The highest BCUT2D eigenvalue weighted by molar-refractivity contribution is 6.29. The lowest BCUT2D eigenvalue weighted by molar-refractivity contribution is 0.668. The lowest BCUT2D eigenvalue weighted by Crippen LogP contribution is -1.89. The Kier molecular flexibility index (Phi) is 14.5. The van der Waals surface area contributed by atoms with E-state index in [1.807, 2.05) is 36.4 Å². The number of hydrogen-bond acceptors (Lipinski definition) is 3. The Morgan fingerprint density at radius 2 is 0.431 bits per heavy atom. The van der Waals surface area contributed by atoms with Crippen LogP contribution in [0.3, 0.4) is 0 Å². The highest BCUT2D eigenvalue weighted by Gasteiger charge is 2.19. The Balaban J connectivity index is 0.000000106. The average Bonchev–Trinajstić information content (AvgIpc) is 1.08. The average molecular weight is 1310 g/mol. The minimum Gasteiger partial charge on any atom is -0.456 e. The summed E-state index contributed by atoms with van der Waals surface area (Å²) in [5.41, 5.74) is 16.9. The topological polar surface area (TPSA) is 39.4 Å². The van der Waals surface area contributed by atoms with Crippen molar-refractivity contribution in [1.29, 1.82) is 0 Å². The first-order valence-electron chi connectivity index (χ1n) is 35.9. The summed E-state index contributed by atoms with van der Waals surface area (Å²) in [6, 6.07) is 112. The van der Waals surface area contributed by atoms with Crippen molar-refractivity contribution in [1.82, 2.24) is 0 Å². The first-order chi connectivity index (χ1) is 50.0. The molecule has 0 bridgehead atoms. The molecule has 21 aromatic rings. The smallest absolute Gasteiger partial charge is 0.143 e. The first kappa shape index (κ1) is 60.8. The van der Waals surface area contributed by atoms with Crippen LogP contribution >= 0.6 is 0 Å². The molecule has 0 radical (unpaired) electrons. The lowest BCUT2D eigenvalue weighted by Gasteiger charge is -2.14. The van der Waals surface area contributed by atoms with Gasteiger partial charge in [-0.25, -0.2) is 0 Å². The fourth-order valence-electron chi connectivity index (χ4n) is 16.3. The van der Waals surface area contributed by atoms with Gasteiger partial charge in [-0.05, 0) is 220 Å². The molecule has 0 aliphatic carbocycles. The van der Waals surface area contributed by atoms with Gasteiger partial charge < -0.3 is 13.3 Å². The summed E-state index contributed by atoms with van der Waals surface area (Å²) in [6.07, 6.45) is 0. The summed E-state index contributed by atoms with van der Waals surface area (Å²) in [7, 11) is 0. The van der Waals surface area contributed by atoms with E-state index in [1.54, 1.807) is 0 Å². The number of rotatable bonds is 6. The molecule has 3 heteroatoms. The van der Waals surface area contributed by atoms with E-state index >= 15 is 0 Å². The summed E-state index contributed by atoms with van der Waals surface area (Å²) in [5, 5.41) is 30.6. The molecule has 21 rings (SSSR count). The molecule has 3 aromatic heterocycles. The normalized spacial score (nSPS) is 12.1. The zero-order valence-corrected chi connectivity index (χ0v) is 57.9. The predicted octanol–water partition coefficient (Wildman–Crippen LogP) is 29.5. The van der Waals surface area contributed by atoms with Gasteiger partial charge in [-0.2, -0.15) is 0 Å². The number of benzene rings is 18. The van der Waals surface area contributed by atoms with Crippen molar-refractivity contribution in [3.63, 3.8) is 0 Å². The summed E-state index contributed by atoms with van der Waals surface area (Å²) >= 11 is 0. The van der Waals surface area contributed by atoms with Gasteiger partial charge in [-0.3, -0.25) is 0 Å². The number of furan rings is 3. The Morgan fingerprint density at radius 1 is 0.167 bits per heavy atom. The standard InChI is InChI=1S/3C33H24O/c1-20(2)21-14-16-26-27-17-15-22(19-31(27)25-9-4-3-8-24(25)30(26)18-21)23-11-7-12-29-28-10-5-6-13-32(28)34-33(23)29;1-20(2)21-11-14-26-27-15-12-22(18-30(27)25-8-4-3-7-24(25)29(26)17-21)23-13-16-33-31(19-23)28-9-5-6-10-32(28)34-33;1-20(2)21-11-14-26-27-15-12-22(18-31(27)25-8-4-3-7-24(25)30(26)17-21)23-13-16-29-28-9-5-6-10-32(28)34-33(29)19-23/h3*3-20H,1-2H3. The van der Waals surface area contributed by atoms with Crippen LogP contribution in [0, 0.1) is 0 Å². The molecular formula is C99H72O3. The van der Waals surface area contributed by atoms with E-state index in [0.717, 1.165) is 66.0 Å². The maximum absolute atomic E-state index is 6.34. The molecule has 486 valence electrons. The monoisotopic (exact) mass is 1310 g/mol. The third kappa shape index (κ3) is 10.1. The number of para-hydroxylation sites is 4. The van der Waals surface area contributed by atoms with Crippen molar-refractivity contribution in [3.8, 4) is 33.4 Å². The van der Waals surface area contributed by atoms with Crippen LogP contribution in [-0.2, 0) is 0 Å². The van der Waals surface area contributed by atoms with Gasteiger partial charge in [0.05, 0.1) is 0 Å². The second-order valence-electron chi connectivity index (χ2n) is 28.7. The van der Waals surface area contributed by atoms with Crippen LogP contribution in [0.5, 0.6) is 0 Å². The Morgan fingerprint density at radius 3 is 0.863 bits per heavy atom. The quantitative estimate of drug-likeness (QED) is 0.156. The lowest BCUT2D eigenvalue weighted by atomic mass is 9.90. The maximum atomic E-state index is 6.34. The molecular weight excluding hydrogens is 1240 g/mol. The Bertz CT molecular complexity index is 6910. The van der Waals surface area contributed by atoms with Crippen LogP contribution in [0.25, 0.3) is 196 Å². The van der Waals surface area contributed by atoms with Crippen molar-refractivity contribution in [2.24, 2.45) is 0 Å². The summed E-state index contributed by atoms with van der Waals surface area (Å²) in [6.45, 7) is 13.6. The highest BCUT2D eigenvalue weighted by atomic mass is 16.3. The molecule has 0 unspecified atom stereocenters. The molecule has 3 nitrogen and oxygen atoms in total. The van der Waals surface area contributed by atoms with Crippen molar-refractivity contribution in [2.45, 2.75) is 59.3 Å². The fraction of sp³-hybridized carbons (Fsp3) is 0.0909. The summed E-state index contributed by atoms with van der Waals surface area (Å²) < 4.78 is 18.5. The second-order valence-corrected chi connectivity index (χ2v) is 28.7. The highest BCUT2D eigenvalue weighted by Crippen LogP contribution is 2.45. The van der Waals surface area contributed by atoms with Gasteiger partial charge in [0.2, 0.25) is 0 Å². The van der Waals surface area contributed by atoms with Crippen molar-refractivity contribution in [3.05, 3.63) is 326 Å². The van der Waals surface area contributed by atoms with E-state index in [1.165, 1.54) is 147 Å². The third-order valence-corrected chi connectivity index (χ3v) is 21.7. The fourth-order valence-corrected chi connectivity index (χ4v) is 16.3. The maximum Gasteiger partial charge on any atom is 0.143 e. The molecule has 0 spiro atoms. The Labute approximate surface area is 591 Å². The summed E-state index contributed by atoms with van der Waals surface area (Å²) in [4.78, 5) is 0. The number of fused-ring (bicyclic) bond motifs is 27. The molecule has 0 aliphatic heterocycles. The molecule has 0 saturated carbocycles. The number of hydrogen-bond donors (Lipinski definition) is 0. The van der Waals surface area contributed by atoms with Gasteiger partial charge in [-0.1, -0.05) is 290 Å². The van der Waals surface area contributed by atoms with Crippen LogP contribution in [0.15, 0.2) is 323 Å². The molecule has 0 fully saturated rings. The van der Waals surface area contributed by atoms with E-state index in [9.17, 15) is 0 Å². The van der Waals surface area contributed by atoms with Gasteiger partial charge in [0, 0.05) is 37.9 Å². The van der Waals surface area contributed by atoms with E-state index in [-0.39, 0.29) is 0 Å². The molecule has 18 aromatic carbocycles. The van der Waals surface area contributed by atoms with Crippen LogP contribution in [0.2, 0.25) is 0 Å². The second kappa shape index (κ2) is 24.3. The van der Waals surface area contributed by atoms with E-state index < -0.39 is 0 Å². The van der Waals surface area contributed by atoms with E-state index in [4.69, 9.17) is 13.3 Å². The van der Waals surface area contributed by atoms with Crippen molar-refractivity contribution < 1.29 is 13.3 Å². The first-order valence-corrected chi connectivity index (χ1v) is 35.9. The minimum atomic E-state index is 0.505. The summed E-state index contributed by atoms with van der Waals surface area (Å²) in [5.74, 6) is 1.52.